The first-order valence-electron chi connectivity index (χ1n) is 9.29. The Labute approximate surface area is 223 Å². The molecule has 0 aromatic heterocycles. The molecule has 0 fully saturated rings. The highest BCUT2D eigenvalue weighted by atomic mass is 79.9. The van der Waals surface area contributed by atoms with Crippen LogP contribution >= 0.6 is 50.7 Å². The van der Waals surface area contributed by atoms with E-state index in [2.05, 4.69) is 15.9 Å². The maximum atomic E-state index is 12.0. The van der Waals surface area contributed by atoms with Gasteiger partial charge in [-0.15, -0.1) is 0 Å². The van der Waals surface area contributed by atoms with E-state index < -0.39 is 33.1 Å². The topological polar surface area (TPSA) is 121 Å². The van der Waals surface area contributed by atoms with Crippen LogP contribution in [0.4, 0.5) is 13.2 Å². The van der Waals surface area contributed by atoms with Gasteiger partial charge in [0.05, 0.1) is 5.56 Å². The zero-order valence-electron chi connectivity index (χ0n) is 17.3. The summed E-state index contributed by atoms with van der Waals surface area (Å²) in [6, 6.07) is 13.2. The fraction of sp³-hybridized carbons (Fsp3) is 0.0526. The van der Waals surface area contributed by atoms with Crippen molar-refractivity contribution < 1.29 is 43.3 Å². The number of alkyl halides is 3. The highest BCUT2D eigenvalue weighted by Gasteiger charge is 2.30. The van der Waals surface area contributed by atoms with Gasteiger partial charge in [-0.1, -0.05) is 87.1 Å². The minimum atomic E-state index is -4.39. The van der Waals surface area contributed by atoms with Gasteiger partial charge >= 0.3 is 27.5 Å². The molecule has 0 saturated heterocycles. The Morgan fingerprint density at radius 1 is 0.629 bits per heavy atom. The molecular weight excluding hydrogens is 600 g/mol. The van der Waals surface area contributed by atoms with E-state index >= 15 is 0 Å². The van der Waals surface area contributed by atoms with Crippen LogP contribution in [0.3, 0.4) is 0 Å². The van der Waals surface area contributed by atoms with Crippen molar-refractivity contribution >= 4 is 88.5 Å². The lowest BCUT2D eigenvalue weighted by molar-refractivity contribution is -0.137. The number of halogens is 7. The molecule has 0 spiro atoms. The van der Waals surface area contributed by atoms with E-state index in [1.165, 1.54) is 12.1 Å². The second-order valence-electron chi connectivity index (χ2n) is 6.58. The van der Waals surface area contributed by atoms with Gasteiger partial charge in [0, 0.05) is 25.0 Å². The molecule has 6 nitrogen and oxygen atoms in total. The van der Waals surface area contributed by atoms with Crippen molar-refractivity contribution in [3.05, 3.63) is 85.8 Å². The van der Waals surface area contributed by atoms with Crippen LogP contribution in [-0.4, -0.2) is 51.5 Å². The summed E-state index contributed by atoms with van der Waals surface area (Å²) in [6.45, 7) is 0. The van der Waals surface area contributed by atoms with Crippen molar-refractivity contribution in [2.75, 3.05) is 0 Å². The summed E-state index contributed by atoms with van der Waals surface area (Å²) in [5.41, 5.74) is -0.198. The monoisotopic (exact) mass is 614 g/mol. The fourth-order valence-corrected chi connectivity index (χ4v) is 3.56. The highest BCUT2D eigenvalue weighted by molar-refractivity contribution is 9.10. The first-order chi connectivity index (χ1) is 16.1. The molecule has 35 heavy (non-hydrogen) atoms. The van der Waals surface area contributed by atoms with E-state index in [4.69, 9.17) is 64.9 Å². The van der Waals surface area contributed by atoms with Crippen LogP contribution in [0.15, 0.2) is 65.1 Å². The van der Waals surface area contributed by atoms with E-state index in [1.807, 2.05) is 0 Å². The SMILES string of the molecule is OB(O)c1c(Cl)cc(Cl)cc1Cl.OB(O)c1ccc(Br)cc1.OB(O)c1ccc(C(F)(F)F)cc1. The molecule has 0 heterocycles. The third kappa shape index (κ3) is 11.1. The first-order valence-corrected chi connectivity index (χ1v) is 11.2. The third-order valence-corrected chi connectivity index (χ3v) is 5.38. The third-order valence-electron chi connectivity index (χ3n) is 4.01. The average molecular weight is 616 g/mol. The minimum Gasteiger partial charge on any atom is -0.423 e. The van der Waals surface area contributed by atoms with Gasteiger partial charge in [-0.05, 0) is 35.2 Å². The van der Waals surface area contributed by atoms with Gasteiger partial charge in [0.1, 0.15) is 0 Å². The van der Waals surface area contributed by atoms with Crippen molar-refractivity contribution in [1.29, 1.82) is 0 Å². The molecule has 3 aromatic rings. The van der Waals surface area contributed by atoms with Crippen molar-refractivity contribution in [2.24, 2.45) is 0 Å². The molecule has 3 rings (SSSR count). The van der Waals surface area contributed by atoms with Crippen LogP contribution < -0.4 is 16.4 Å². The lowest BCUT2D eigenvalue weighted by atomic mass is 9.80. The van der Waals surface area contributed by atoms with E-state index in [9.17, 15) is 13.2 Å². The second kappa shape index (κ2) is 14.5. The number of hydrogen-bond donors (Lipinski definition) is 6. The summed E-state index contributed by atoms with van der Waals surface area (Å²) in [5.74, 6) is 0. The summed E-state index contributed by atoms with van der Waals surface area (Å²) in [4.78, 5) is 0. The minimum absolute atomic E-state index is 0.0352. The van der Waals surface area contributed by atoms with E-state index in [-0.39, 0.29) is 21.0 Å². The van der Waals surface area contributed by atoms with Gasteiger partial charge in [0.2, 0.25) is 0 Å². The van der Waals surface area contributed by atoms with Gasteiger partial charge in [0.15, 0.2) is 0 Å². The Morgan fingerprint density at radius 2 is 1.00 bits per heavy atom. The maximum Gasteiger partial charge on any atom is 0.491 e. The number of benzene rings is 3. The lowest BCUT2D eigenvalue weighted by Crippen LogP contribution is -2.31. The van der Waals surface area contributed by atoms with Crippen molar-refractivity contribution in [2.45, 2.75) is 6.18 Å². The maximum absolute atomic E-state index is 12.0. The van der Waals surface area contributed by atoms with Crippen molar-refractivity contribution in [1.82, 2.24) is 0 Å². The zero-order valence-corrected chi connectivity index (χ0v) is 21.2. The Morgan fingerprint density at radius 3 is 1.31 bits per heavy atom. The van der Waals surface area contributed by atoms with Crippen LogP contribution in [0.25, 0.3) is 0 Å². The molecule has 0 aliphatic heterocycles. The Kier molecular flexibility index (Phi) is 13.2. The zero-order chi connectivity index (χ0) is 26.9. The fourth-order valence-electron chi connectivity index (χ4n) is 2.28. The van der Waals surface area contributed by atoms with Gasteiger partial charge in [-0.25, -0.2) is 0 Å². The molecule has 0 radical (unpaired) electrons. The Bertz CT molecular complexity index is 1050. The van der Waals surface area contributed by atoms with E-state index in [0.717, 1.165) is 28.7 Å². The van der Waals surface area contributed by atoms with E-state index in [1.54, 1.807) is 24.3 Å². The Balaban J connectivity index is 0.000000265. The first kappa shape index (κ1) is 31.8. The molecular formula is C19H16B3BrCl3F3O6. The molecule has 0 amide bonds. The predicted octanol–water partition coefficient (Wildman–Crippen LogP) is 1.84. The summed E-state index contributed by atoms with van der Waals surface area (Å²) >= 11 is 20.1. The van der Waals surface area contributed by atoms with Gasteiger partial charge in [0.25, 0.3) is 0 Å². The molecule has 186 valence electrons. The van der Waals surface area contributed by atoms with Crippen LogP contribution in [0.2, 0.25) is 15.1 Å². The molecule has 0 aliphatic carbocycles. The summed E-state index contributed by atoms with van der Waals surface area (Å²) in [5, 5.41) is 52.8. The molecule has 0 bridgehead atoms. The van der Waals surface area contributed by atoms with Crippen molar-refractivity contribution in [3.8, 4) is 0 Å². The molecule has 0 atom stereocenters. The van der Waals surface area contributed by atoms with Crippen LogP contribution in [-0.2, 0) is 6.18 Å². The molecule has 0 saturated carbocycles. The molecule has 3 aromatic carbocycles. The number of hydrogen-bond acceptors (Lipinski definition) is 6. The Hall–Kier alpha value is -1.25. The summed E-state index contributed by atoms with van der Waals surface area (Å²) in [7, 11) is -4.78. The summed E-state index contributed by atoms with van der Waals surface area (Å²) < 4.78 is 36.9. The molecule has 0 unspecified atom stereocenters. The van der Waals surface area contributed by atoms with Crippen LogP contribution in [0, 0.1) is 0 Å². The van der Waals surface area contributed by atoms with Crippen LogP contribution in [0.1, 0.15) is 5.56 Å². The highest BCUT2D eigenvalue weighted by Crippen LogP contribution is 2.28. The quantitative estimate of drug-likeness (QED) is 0.250. The molecule has 6 N–H and O–H groups in total. The standard InChI is InChI=1S/C7H6BF3O2.C6H6BBrO2.C6H4BCl3O2/c9-7(10,11)5-1-3-6(4-2-5)8(12)13;8-6-3-1-5(2-4-6)7(9)10;8-3-1-4(9)6(7(11)12)5(10)2-3/h1-4,12-13H;1-4,9-10H;1-2,11-12H. The normalized spacial score (nSPS) is 10.4. The molecule has 16 heteroatoms. The second-order valence-corrected chi connectivity index (χ2v) is 8.74. The average Bonchev–Trinajstić information content (AvgIpc) is 2.73. The van der Waals surface area contributed by atoms with Crippen molar-refractivity contribution in [3.63, 3.8) is 0 Å². The van der Waals surface area contributed by atoms with Gasteiger partial charge < -0.3 is 30.1 Å². The smallest absolute Gasteiger partial charge is 0.423 e. The summed E-state index contributed by atoms with van der Waals surface area (Å²) in [6.07, 6.45) is -4.39. The van der Waals surface area contributed by atoms with E-state index in [0.29, 0.717) is 10.5 Å². The van der Waals surface area contributed by atoms with Crippen LogP contribution in [0.5, 0.6) is 0 Å². The predicted molar refractivity (Wildman–Crippen MR) is 137 cm³/mol. The van der Waals surface area contributed by atoms with Gasteiger partial charge in [-0.3, -0.25) is 0 Å². The largest absolute Gasteiger partial charge is 0.491 e. The lowest BCUT2D eigenvalue weighted by Gasteiger charge is -2.06. The molecule has 0 aliphatic rings. The number of rotatable bonds is 3. The van der Waals surface area contributed by atoms with Gasteiger partial charge in [-0.2, -0.15) is 13.2 Å².